The van der Waals surface area contributed by atoms with E-state index in [1.165, 1.54) is 18.2 Å². The van der Waals surface area contributed by atoms with E-state index in [0.29, 0.717) is 0 Å². The maximum atomic E-state index is 13.0. The fourth-order valence-corrected chi connectivity index (χ4v) is 1.37. The van der Waals surface area contributed by atoms with Crippen molar-refractivity contribution < 1.29 is 13.9 Å². The smallest absolute Gasteiger partial charge is 0.339 e. The second kappa shape index (κ2) is 4.55. The summed E-state index contributed by atoms with van der Waals surface area (Å²) in [5.74, 6) is -0.991. The highest BCUT2D eigenvalue weighted by molar-refractivity contribution is 9.10. The lowest BCUT2D eigenvalue weighted by Crippen LogP contribution is -2.12. The standard InChI is InChI=1S/C10H10BrFO2/c1-6(2)14-10(13)7-4-3-5-8(12)9(7)11/h3-6H,1-2H3. The molecule has 0 atom stereocenters. The lowest BCUT2D eigenvalue weighted by atomic mass is 10.2. The monoisotopic (exact) mass is 260 g/mol. The van der Waals surface area contributed by atoms with Crippen molar-refractivity contribution in [1.82, 2.24) is 0 Å². The zero-order valence-corrected chi connectivity index (χ0v) is 9.47. The minimum absolute atomic E-state index is 0.144. The summed E-state index contributed by atoms with van der Waals surface area (Å²) in [4.78, 5) is 11.4. The highest BCUT2D eigenvalue weighted by Crippen LogP contribution is 2.21. The van der Waals surface area contributed by atoms with Gasteiger partial charge < -0.3 is 4.74 Å². The quantitative estimate of drug-likeness (QED) is 0.764. The Morgan fingerprint density at radius 3 is 2.71 bits per heavy atom. The van der Waals surface area contributed by atoms with Gasteiger partial charge in [0.05, 0.1) is 16.1 Å². The van der Waals surface area contributed by atoms with E-state index in [9.17, 15) is 9.18 Å². The Hall–Kier alpha value is -0.900. The summed E-state index contributed by atoms with van der Waals surface area (Å²) in [6.45, 7) is 3.48. The number of ether oxygens (including phenoxy) is 1. The van der Waals surface area contributed by atoms with Gasteiger partial charge in [0.2, 0.25) is 0 Å². The first kappa shape index (κ1) is 11.2. The topological polar surface area (TPSA) is 26.3 Å². The third-order valence-electron chi connectivity index (χ3n) is 1.51. The summed E-state index contributed by atoms with van der Waals surface area (Å²) in [6.07, 6.45) is -0.210. The van der Waals surface area contributed by atoms with E-state index in [1.54, 1.807) is 13.8 Å². The Kier molecular flexibility index (Phi) is 3.63. The van der Waals surface area contributed by atoms with Crippen LogP contribution >= 0.6 is 15.9 Å². The molecular formula is C10H10BrFO2. The average Bonchev–Trinajstić information content (AvgIpc) is 2.08. The zero-order valence-electron chi connectivity index (χ0n) is 7.88. The molecule has 4 heteroatoms. The van der Waals surface area contributed by atoms with Gasteiger partial charge in [0.1, 0.15) is 5.82 Å². The molecular weight excluding hydrogens is 251 g/mol. The summed E-state index contributed by atoms with van der Waals surface area (Å²) < 4.78 is 18.1. The summed E-state index contributed by atoms with van der Waals surface area (Å²) >= 11 is 2.99. The molecule has 0 aromatic heterocycles. The van der Waals surface area contributed by atoms with Gasteiger partial charge in [-0.05, 0) is 41.9 Å². The molecule has 0 amide bonds. The number of rotatable bonds is 2. The summed E-state index contributed by atoms with van der Waals surface area (Å²) in [7, 11) is 0. The summed E-state index contributed by atoms with van der Waals surface area (Å²) in [6, 6.07) is 4.26. The van der Waals surface area contributed by atoms with E-state index in [0.717, 1.165) is 0 Å². The molecule has 0 heterocycles. The molecule has 1 aromatic carbocycles. The number of halogens is 2. The minimum atomic E-state index is -0.522. The summed E-state index contributed by atoms with van der Waals surface area (Å²) in [5, 5.41) is 0. The van der Waals surface area contributed by atoms with Crippen LogP contribution in [-0.4, -0.2) is 12.1 Å². The van der Waals surface area contributed by atoms with Gasteiger partial charge in [-0.1, -0.05) is 6.07 Å². The van der Waals surface area contributed by atoms with Gasteiger partial charge in [-0.15, -0.1) is 0 Å². The largest absolute Gasteiger partial charge is 0.459 e. The fourth-order valence-electron chi connectivity index (χ4n) is 0.939. The van der Waals surface area contributed by atoms with Crippen LogP contribution in [0.3, 0.4) is 0 Å². The molecule has 2 nitrogen and oxygen atoms in total. The van der Waals surface area contributed by atoms with E-state index in [4.69, 9.17) is 4.74 Å². The molecule has 0 fully saturated rings. The van der Waals surface area contributed by atoms with Gasteiger partial charge in [-0.25, -0.2) is 9.18 Å². The van der Waals surface area contributed by atoms with Gasteiger partial charge in [0.15, 0.2) is 0 Å². The number of hydrogen-bond acceptors (Lipinski definition) is 2. The molecule has 0 aliphatic carbocycles. The number of carbonyl (C=O) groups is 1. The van der Waals surface area contributed by atoms with Gasteiger partial charge in [-0.2, -0.15) is 0 Å². The Labute approximate surface area is 90.2 Å². The Balaban J connectivity index is 2.96. The maximum absolute atomic E-state index is 13.0. The van der Waals surface area contributed by atoms with Crippen molar-refractivity contribution in [3.05, 3.63) is 34.1 Å². The lowest BCUT2D eigenvalue weighted by molar-refractivity contribution is 0.0376. The van der Waals surface area contributed by atoms with E-state index in [2.05, 4.69) is 15.9 Å². The van der Waals surface area contributed by atoms with Crippen LogP contribution < -0.4 is 0 Å². The first-order valence-electron chi connectivity index (χ1n) is 4.17. The molecule has 0 aliphatic rings. The molecule has 0 radical (unpaired) electrons. The lowest BCUT2D eigenvalue weighted by Gasteiger charge is -2.09. The number of carbonyl (C=O) groups excluding carboxylic acids is 1. The number of benzene rings is 1. The second-order valence-corrected chi connectivity index (χ2v) is 3.85. The predicted molar refractivity (Wildman–Crippen MR) is 54.7 cm³/mol. The molecule has 0 aliphatic heterocycles. The molecule has 0 bridgehead atoms. The van der Waals surface area contributed by atoms with Crippen LogP contribution in [0.15, 0.2) is 22.7 Å². The Morgan fingerprint density at radius 2 is 2.14 bits per heavy atom. The van der Waals surface area contributed by atoms with Crippen molar-refractivity contribution >= 4 is 21.9 Å². The van der Waals surface area contributed by atoms with E-state index in [-0.39, 0.29) is 16.1 Å². The SMILES string of the molecule is CC(C)OC(=O)c1cccc(F)c1Br. The van der Waals surface area contributed by atoms with E-state index >= 15 is 0 Å². The third-order valence-corrected chi connectivity index (χ3v) is 2.32. The molecule has 0 saturated carbocycles. The molecule has 1 aromatic rings. The van der Waals surface area contributed by atoms with Crippen molar-refractivity contribution in [3.63, 3.8) is 0 Å². The molecule has 1 rings (SSSR count). The van der Waals surface area contributed by atoms with Crippen LogP contribution in [0, 0.1) is 5.82 Å². The van der Waals surface area contributed by atoms with Gasteiger partial charge in [0.25, 0.3) is 0 Å². The molecule has 14 heavy (non-hydrogen) atoms. The fraction of sp³-hybridized carbons (Fsp3) is 0.300. The van der Waals surface area contributed by atoms with Crippen molar-refractivity contribution in [3.8, 4) is 0 Å². The minimum Gasteiger partial charge on any atom is -0.459 e. The predicted octanol–water partition coefficient (Wildman–Crippen LogP) is 3.15. The first-order chi connectivity index (χ1) is 6.52. The molecule has 0 N–H and O–H groups in total. The van der Waals surface area contributed by atoms with Crippen molar-refractivity contribution in [2.24, 2.45) is 0 Å². The highest BCUT2D eigenvalue weighted by Gasteiger charge is 2.15. The van der Waals surface area contributed by atoms with Crippen LogP contribution in [0.25, 0.3) is 0 Å². The van der Waals surface area contributed by atoms with Crippen LogP contribution in [0.1, 0.15) is 24.2 Å². The second-order valence-electron chi connectivity index (χ2n) is 3.06. The van der Waals surface area contributed by atoms with E-state index < -0.39 is 11.8 Å². The van der Waals surface area contributed by atoms with Crippen LogP contribution in [0.2, 0.25) is 0 Å². The summed E-state index contributed by atoms with van der Waals surface area (Å²) in [5.41, 5.74) is 0.207. The van der Waals surface area contributed by atoms with Gasteiger partial charge in [-0.3, -0.25) is 0 Å². The maximum Gasteiger partial charge on any atom is 0.339 e. The van der Waals surface area contributed by atoms with Gasteiger partial charge in [0, 0.05) is 0 Å². The van der Waals surface area contributed by atoms with E-state index in [1.807, 2.05) is 0 Å². The third kappa shape index (κ3) is 2.54. The molecule has 76 valence electrons. The van der Waals surface area contributed by atoms with Crippen LogP contribution in [-0.2, 0) is 4.74 Å². The highest BCUT2D eigenvalue weighted by atomic mass is 79.9. The molecule has 0 spiro atoms. The first-order valence-corrected chi connectivity index (χ1v) is 4.96. The van der Waals surface area contributed by atoms with Crippen LogP contribution in [0.5, 0.6) is 0 Å². The normalized spacial score (nSPS) is 10.4. The average molecular weight is 261 g/mol. The van der Waals surface area contributed by atoms with Gasteiger partial charge >= 0.3 is 5.97 Å². The molecule has 0 saturated heterocycles. The number of esters is 1. The van der Waals surface area contributed by atoms with Crippen molar-refractivity contribution in [2.75, 3.05) is 0 Å². The molecule has 0 unspecified atom stereocenters. The van der Waals surface area contributed by atoms with Crippen molar-refractivity contribution in [1.29, 1.82) is 0 Å². The number of hydrogen-bond donors (Lipinski definition) is 0. The van der Waals surface area contributed by atoms with Crippen molar-refractivity contribution in [2.45, 2.75) is 20.0 Å². The van der Waals surface area contributed by atoms with Crippen LogP contribution in [0.4, 0.5) is 4.39 Å². The Bertz CT molecular complexity index is 350. The Morgan fingerprint density at radius 1 is 1.50 bits per heavy atom. The zero-order chi connectivity index (χ0) is 10.7.